The number of benzene rings is 2. The van der Waals surface area contributed by atoms with Gasteiger partial charge in [0.15, 0.2) is 0 Å². The first kappa shape index (κ1) is 17.3. The summed E-state index contributed by atoms with van der Waals surface area (Å²) in [4.78, 5) is 34.9. The summed E-state index contributed by atoms with van der Waals surface area (Å²) < 4.78 is 0. The van der Waals surface area contributed by atoms with Gasteiger partial charge in [-0.25, -0.2) is 4.98 Å². The highest BCUT2D eigenvalue weighted by Gasteiger charge is 2.22. The number of nitro benzene ring substituents is 1. The fraction of sp³-hybridized carbons (Fsp3) is 0.0500. The van der Waals surface area contributed by atoms with Crippen LogP contribution in [0, 0.1) is 10.1 Å². The Morgan fingerprint density at radius 2 is 1.86 bits per heavy atom. The van der Waals surface area contributed by atoms with Crippen molar-refractivity contribution in [2.75, 3.05) is 0 Å². The molecule has 0 aliphatic carbocycles. The number of hydrogen-bond donors (Lipinski definition) is 2. The second-order valence-corrected chi connectivity index (χ2v) is 6.11. The molecule has 2 aromatic heterocycles. The zero-order chi connectivity index (χ0) is 19.5. The average molecular weight is 373 g/mol. The zero-order valence-corrected chi connectivity index (χ0v) is 14.6. The third kappa shape index (κ3) is 3.43. The van der Waals surface area contributed by atoms with Crippen molar-refractivity contribution in [1.82, 2.24) is 20.3 Å². The van der Waals surface area contributed by atoms with Crippen LogP contribution < -0.4 is 5.32 Å². The van der Waals surface area contributed by atoms with Gasteiger partial charge < -0.3 is 10.3 Å². The molecule has 0 radical (unpaired) electrons. The number of non-ortho nitro benzene ring substituents is 1. The maximum atomic E-state index is 12.7. The van der Waals surface area contributed by atoms with Gasteiger partial charge in [-0.1, -0.05) is 36.4 Å². The molecule has 0 saturated heterocycles. The molecule has 0 saturated carbocycles. The Labute approximate surface area is 159 Å². The third-order valence-corrected chi connectivity index (χ3v) is 4.27. The van der Waals surface area contributed by atoms with Gasteiger partial charge in [0.2, 0.25) is 0 Å². The molecular formula is C20H15N5O3. The van der Waals surface area contributed by atoms with Gasteiger partial charge in [0, 0.05) is 18.3 Å². The lowest BCUT2D eigenvalue weighted by Gasteiger charge is -2.17. The first-order valence-electron chi connectivity index (χ1n) is 8.53. The quantitative estimate of drug-likeness (QED) is 0.411. The number of pyridine rings is 1. The standard InChI is InChI=1S/C20H15N5O3/c26-20(16-8-4-5-11-21-16)24-18(13-6-2-1-3-7-13)19-22-15-10-9-14(25(27)28)12-17(15)23-19/h1-12,18H,(H,22,23)(H,24,26). The summed E-state index contributed by atoms with van der Waals surface area (Å²) in [7, 11) is 0. The molecule has 1 amide bonds. The minimum Gasteiger partial charge on any atom is -0.340 e. The van der Waals surface area contributed by atoms with Crippen molar-refractivity contribution in [3.05, 3.63) is 100 Å². The number of amides is 1. The van der Waals surface area contributed by atoms with Crippen LogP contribution in [0.25, 0.3) is 11.0 Å². The molecule has 2 heterocycles. The molecular weight excluding hydrogens is 358 g/mol. The van der Waals surface area contributed by atoms with Crippen LogP contribution in [0.5, 0.6) is 0 Å². The molecule has 0 aliphatic heterocycles. The number of nitrogens with zero attached hydrogens (tertiary/aromatic N) is 3. The number of hydrogen-bond acceptors (Lipinski definition) is 5. The summed E-state index contributed by atoms with van der Waals surface area (Å²) in [6.07, 6.45) is 1.55. The molecule has 8 heteroatoms. The zero-order valence-electron chi connectivity index (χ0n) is 14.6. The van der Waals surface area contributed by atoms with E-state index in [2.05, 4.69) is 20.3 Å². The summed E-state index contributed by atoms with van der Waals surface area (Å²) in [5, 5.41) is 14.0. The van der Waals surface area contributed by atoms with E-state index < -0.39 is 11.0 Å². The van der Waals surface area contributed by atoms with E-state index in [0.29, 0.717) is 16.9 Å². The van der Waals surface area contributed by atoms with Crippen LogP contribution in [0.3, 0.4) is 0 Å². The Balaban J connectivity index is 1.74. The van der Waals surface area contributed by atoms with Crippen LogP contribution in [0.15, 0.2) is 72.9 Å². The second kappa shape index (κ2) is 7.28. The maximum Gasteiger partial charge on any atom is 0.271 e. The predicted octanol–water partition coefficient (Wildman–Crippen LogP) is 3.39. The molecule has 2 aromatic carbocycles. The number of nitrogens with one attached hydrogen (secondary N) is 2. The Kier molecular flexibility index (Phi) is 4.51. The number of carbonyl (C=O) groups excluding carboxylic acids is 1. The van der Waals surface area contributed by atoms with Crippen LogP contribution in [0.1, 0.15) is 27.9 Å². The van der Waals surface area contributed by atoms with E-state index in [0.717, 1.165) is 5.56 Å². The van der Waals surface area contributed by atoms with E-state index in [1.165, 1.54) is 12.1 Å². The lowest BCUT2D eigenvalue weighted by atomic mass is 10.1. The summed E-state index contributed by atoms with van der Waals surface area (Å²) in [5.41, 5.74) is 2.18. The first-order chi connectivity index (χ1) is 13.6. The van der Waals surface area contributed by atoms with Crippen molar-refractivity contribution < 1.29 is 9.72 Å². The van der Waals surface area contributed by atoms with E-state index in [1.807, 2.05) is 30.3 Å². The largest absolute Gasteiger partial charge is 0.340 e. The van der Waals surface area contributed by atoms with E-state index in [1.54, 1.807) is 30.5 Å². The fourth-order valence-electron chi connectivity index (χ4n) is 2.92. The van der Waals surface area contributed by atoms with Gasteiger partial charge in [0.1, 0.15) is 17.6 Å². The summed E-state index contributed by atoms with van der Waals surface area (Å²) in [5.74, 6) is 0.131. The van der Waals surface area contributed by atoms with E-state index in [-0.39, 0.29) is 17.3 Å². The Bertz CT molecular complexity index is 1140. The Morgan fingerprint density at radius 1 is 1.07 bits per heavy atom. The minimum absolute atomic E-state index is 0.0310. The Hall–Kier alpha value is -4.07. The molecule has 1 unspecified atom stereocenters. The predicted molar refractivity (Wildman–Crippen MR) is 103 cm³/mol. The smallest absolute Gasteiger partial charge is 0.271 e. The minimum atomic E-state index is -0.567. The molecule has 28 heavy (non-hydrogen) atoms. The van der Waals surface area contributed by atoms with Crippen molar-refractivity contribution in [1.29, 1.82) is 0 Å². The monoisotopic (exact) mass is 373 g/mol. The highest BCUT2D eigenvalue weighted by molar-refractivity contribution is 5.92. The number of nitro groups is 1. The van der Waals surface area contributed by atoms with E-state index in [4.69, 9.17) is 0 Å². The van der Waals surface area contributed by atoms with Gasteiger partial charge in [-0.15, -0.1) is 0 Å². The number of imidazole rings is 1. The molecule has 0 spiro atoms. The van der Waals surface area contributed by atoms with Crippen molar-refractivity contribution in [3.8, 4) is 0 Å². The van der Waals surface area contributed by atoms with Crippen LogP contribution >= 0.6 is 0 Å². The van der Waals surface area contributed by atoms with Gasteiger partial charge in [0.25, 0.3) is 11.6 Å². The molecule has 0 aliphatic rings. The molecule has 4 rings (SSSR count). The Morgan fingerprint density at radius 3 is 2.57 bits per heavy atom. The average Bonchev–Trinajstić information content (AvgIpc) is 3.16. The number of H-pyrrole nitrogens is 1. The SMILES string of the molecule is O=C(NC(c1ccccc1)c1nc2ccc([N+](=O)[O-])cc2[nH]1)c1ccccn1. The third-order valence-electron chi connectivity index (χ3n) is 4.27. The molecule has 4 aromatic rings. The summed E-state index contributed by atoms with van der Waals surface area (Å²) in [6, 6.07) is 18.3. The molecule has 8 nitrogen and oxygen atoms in total. The second-order valence-electron chi connectivity index (χ2n) is 6.11. The molecule has 0 fully saturated rings. The van der Waals surface area contributed by atoms with Crippen molar-refractivity contribution in [2.24, 2.45) is 0 Å². The molecule has 138 valence electrons. The van der Waals surface area contributed by atoms with Crippen molar-refractivity contribution in [3.63, 3.8) is 0 Å². The topological polar surface area (TPSA) is 114 Å². The number of aromatic amines is 1. The molecule has 1 atom stereocenters. The summed E-state index contributed by atoms with van der Waals surface area (Å²) in [6.45, 7) is 0. The highest BCUT2D eigenvalue weighted by atomic mass is 16.6. The first-order valence-corrected chi connectivity index (χ1v) is 8.53. The van der Waals surface area contributed by atoms with Gasteiger partial charge in [0.05, 0.1) is 16.0 Å². The number of rotatable bonds is 5. The number of aromatic nitrogens is 3. The fourth-order valence-corrected chi connectivity index (χ4v) is 2.92. The van der Waals surface area contributed by atoms with Crippen LogP contribution in [-0.2, 0) is 0 Å². The van der Waals surface area contributed by atoms with Crippen molar-refractivity contribution in [2.45, 2.75) is 6.04 Å². The van der Waals surface area contributed by atoms with Crippen LogP contribution in [0.4, 0.5) is 5.69 Å². The number of carbonyl (C=O) groups is 1. The van der Waals surface area contributed by atoms with E-state index in [9.17, 15) is 14.9 Å². The molecule has 0 bridgehead atoms. The highest BCUT2D eigenvalue weighted by Crippen LogP contribution is 2.25. The van der Waals surface area contributed by atoms with E-state index >= 15 is 0 Å². The van der Waals surface area contributed by atoms with Crippen LogP contribution in [-0.4, -0.2) is 25.8 Å². The van der Waals surface area contributed by atoms with Crippen molar-refractivity contribution >= 4 is 22.6 Å². The van der Waals surface area contributed by atoms with Crippen LogP contribution in [0.2, 0.25) is 0 Å². The number of fused-ring (bicyclic) bond motifs is 1. The summed E-state index contributed by atoms with van der Waals surface area (Å²) >= 11 is 0. The lowest BCUT2D eigenvalue weighted by Crippen LogP contribution is -2.30. The van der Waals surface area contributed by atoms with Gasteiger partial charge in [-0.2, -0.15) is 0 Å². The van der Waals surface area contributed by atoms with Gasteiger partial charge >= 0.3 is 0 Å². The molecule has 2 N–H and O–H groups in total. The lowest BCUT2D eigenvalue weighted by molar-refractivity contribution is -0.384. The van der Waals surface area contributed by atoms with Gasteiger partial charge in [-0.3, -0.25) is 19.9 Å². The van der Waals surface area contributed by atoms with Gasteiger partial charge in [-0.05, 0) is 23.8 Å². The maximum absolute atomic E-state index is 12.7. The normalized spacial score (nSPS) is 11.9.